The van der Waals surface area contributed by atoms with Crippen LogP contribution in [0.2, 0.25) is 0 Å². The molecule has 0 aromatic heterocycles. The summed E-state index contributed by atoms with van der Waals surface area (Å²) < 4.78 is 10.4. The van der Waals surface area contributed by atoms with Crippen LogP contribution in [0.25, 0.3) is 0 Å². The van der Waals surface area contributed by atoms with E-state index in [1.807, 2.05) is 31.2 Å². The second-order valence-corrected chi connectivity index (χ2v) is 5.08. The molecule has 0 heterocycles. The highest BCUT2D eigenvalue weighted by Crippen LogP contribution is 2.14. The number of nitrogens with one attached hydrogen (secondary N) is 1. The van der Waals surface area contributed by atoms with E-state index in [4.69, 9.17) is 9.47 Å². The second-order valence-electron chi connectivity index (χ2n) is 5.08. The van der Waals surface area contributed by atoms with E-state index in [1.165, 1.54) is 0 Å². The Hall–Kier alpha value is -2.04. The molecule has 5 heteroatoms. The molecule has 1 amide bonds. The highest BCUT2D eigenvalue weighted by molar-refractivity contribution is 5.99. The molecule has 0 radical (unpaired) electrons. The van der Waals surface area contributed by atoms with Gasteiger partial charge in [0.25, 0.3) is 0 Å². The van der Waals surface area contributed by atoms with Gasteiger partial charge in [-0.1, -0.05) is 13.8 Å². The zero-order chi connectivity index (χ0) is 15.7. The molecule has 0 unspecified atom stereocenters. The van der Waals surface area contributed by atoms with E-state index in [2.05, 4.69) is 24.4 Å². The first-order valence-corrected chi connectivity index (χ1v) is 7.23. The third-order valence-corrected chi connectivity index (χ3v) is 2.83. The van der Waals surface area contributed by atoms with Crippen LogP contribution in [0.15, 0.2) is 29.4 Å². The molecule has 1 rings (SSSR count). The summed E-state index contributed by atoms with van der Waals surface area (Å²) in [6, 6.07) is 7.63. The average Bonchev–Trinajstić information content (AvgIpc) is 2.45. The lowest BCUT2D eigenvalue weighted by Gasteiger charge is -2.09. The summed E-state index contributed by atoms with van der Waals surface area (Å²) in [7, 11) is 0. The number of hydrogen-bond acceptors (Lipinski definition) is 4. The Morgan fingerprint density at radius 1 is 1.29 bits per heavy atom. The van der Waals surface area contributed by atoms with Crippen LogP contribution in [0.3, 0.4) is 0 Å². The first kappa shape index (κ1) is 17.0. The fraction of sp³-hybridized carbons (Fsp3) is 0.500. The highest BCUT2D eigenvalue weighted by Gasteiger charge is 2.02. The molecule has 0 atom stereocenters. The number of carbonyl (C=O) groups excluding carboxylic acids is 1. The molecule has 0 aliphatic rings. The summed E-state index contributed by atoms with van der Waals surface area (Å²) in [5, 5.41) is 3.98. The molecule has 0 aliphatic heterocycles. The Balaban J connectivity index is 2.52. The van der Waals surface area contributed by atoms with Gasteiger partial charge in [0.1, 0.15) is 5.75 Å². The molecule has 0 spiro atoms. The van der Waals surface area contributed by atoms with E-state index in [9.17, 15) is 4.79 Å². The molecule has 1 N–H and O–H groups in total. The van der Waals surface area contributed by atoms with Crippen molar-refractivity contribution in [2.45, 2.75) is 34.1 Å². The van der Waals surface area contributed by atoms with Crippen LogP contribution < -0.4 is 10.2 Å². The van der Waals surface area contributed by atoms with Crippen LogP contribution in [0.1, 0.15) is 39.7 Å². The van der Waals surface area contributed by atoms with Gasteiger partial charge < -0.3 is 9.47 Å². The summed E-state index contributed by atoms with van der Waals surface area (Å²) in [5.41, 5.74) is 3.96. The lowest BCUT2D eigenvalue weighted by atomic mass is 10.1. The van der Waals surface area contributed by atoms with Crippen molar-refractivity contribution in [1.82, 2.24) is 5.43 Å². The first-order valence-electron chi connectivity index (χ1n) is 7.23. The molecule has 116 valence electrons. The first-order chi connectivity index (χ1) is 10.0. The monoisotopic (exact) mass is 292 g/mol. The van der Waals surface area contributed by atoms with Crippen LogP contribution in [0.4, 0.5) is 4.79 Å². The molecular weight excluding hydrogens is 268 g/mol. The standard InChI is InChI=1S/C16H24N2O3/c1-5-20-16(19)18-17-13(4)14-6-8-15(9-7-14)21-11-10-12(2)3/h6-9,12H,5,10-11H2,1-4H3,(H,18,19)/b17-13-. The quantitative estimate of drug-likeness (QED) is 0.617. The van der Waals surface area contributed by atoms with Crippen molar-refractivity contribution in [3.63, 3.8) is 0 Å². The molecule has 1 aromatic carbocycles. The maximum atomic E-state index is 11.1. The van der Waals surface area contributed by atoms with Gasteiger partial charge in [-0.3, -0.25) is 0 Å². The fourth-order valence-corrected chi connectivity index (χ4v) is 1.56. The van der Waals surface area contributed by atoms with Crippen LogP contribution >= 0.6 is 0 Å². The number of hydrogen-bond donors (Lipinski definition) is 1. The average molecular weight is 292 g/mol. The minimum Gasteiger partial charge on any atom is -0.494 e. The van der Waals surface area contributed by atoms with Gasteiger partial charge >= 0.3 is 6.09 Å². The zero-order valence-electron chi connectivity index (χ0n) is 13.2. The molecule has 0 saturated heterocycles. The largest absolute Gasteiger partial charge is 0.494 e. The zero-order valence-corrected chi connectivity index (χ0v) is 13.2. The number of amides is 1. The summed E-state index contributed by atoms with van der Waals surface area (Å²) in [6.07, 6.45) is 0.483. The predicted octanol–water partition coefficient (Wildman–Crippen LogP) is 3.58. The van der Waals surface area contributed by atoms with Gasteiger partial charge in [0.15, 0.2) is 0 Å². The number of hydrazone groups is 1. The van der Waals surface area contributed by atoms with Gasteiger partial charge in [0, 0.05) is 0 Å². The Labute approximate surface area is 126 Å². The van der Waals surface area contributed by atoms with Gasteiger partial charge in [-0.05, 0) is 56.0 Å². The van der Waals surface area contributed by atoms with Gasteiger partial charge in [-0.15, -0.1) is 0 Å². The molecule has 5 nitrogen and oxygen atoms in total. The molecule has 21 heavy (non-hydrogen) atoms. The predicted molar refractivity (Wildman–Crippen MR) is 83.8 cm³/mol. The molecule has 0 bridgehead atoms. The highest BCUT2D eigenvalue weighted by atomic mass is 16.5. The maximum absolute atomic E-state index is 11.1. The van der Waals surface area contributed by atoms with Gasteiger partial charge in [0.05, 0.1) is 18.9 Å². The van der Waals surface area contributed by atoms with E-state index in [1.54, 1.807) is 6.92 Å². The third kappa shape index (κ3) is 6.79. The SMILES string of the molecule is CCOC(=O)N/N=C(/C)c1ccc(OCCC(C)C)cc1. The molecule has 1 aromatic rings. The second kappa shape index (κ2) is 9.00. The van der Waals surface area contributed by atoms with Crippen molar-refractivity contribution in [3.05, 3.63) is 29.8 Å². The van der Waals surface area contributed by atoms with E-state index >= 15 is 0 Å². The summed E-state index contributed by atoms with van der Waals surface area (Å²) >= 11 is 0. The Kier molecular flexibility index (Phi) is 7.29. The fourth-order valence-electron chi connectivity index (χ4n) is 1.56. The molecule has 0 fully saturated rings. The van der Waals surface area contributed by atoms with Gasteiger partial charge in [0.2, 0.25) is 0 Å². The number of nitrogens with zero attached hydrogens (tertiary/aromatic N) is 1. The van der Waals surface area contributed by atoms with E-state index in [-0.39, 0.29) is 0 Å². The van der Waals surface area contributed by atoms with Crippen LogP contribution in [0, 0.1) is 5.92 Å². The van der Waals surface area contributed by atoms with Crippen molar-refractivity contribution >= 4 is 11.8 Å². The minimum atomic E-state index is -0.550. The molecular formula is C16H24N2O3. The number of carbonyl (C=O) groups is 1. The minimum absolute atomic E-state index is 0.322. The molecule has 0 aliphatic carbocycles. The van der Waals surface area contributed by atoms with Crippen molar-refractivity contribution < 1.29 is 14.3 Å². The van der Waals surface area contributed by atoms with E-state index in [0.717, 1.165) is 17.7 Å². The summed E-state index contributed by atoms with van der Waals surface area (Å²) in [5.74, 6) is 1.47. The van der Waals surface area contributed by atoms with Gasteiger partial charge in [-0.25, -0.2) is 10.2 Å². The van der Waals surface area contributed by atoms with E-state index < -0.39 is 6.09 Å². The van der Waals surface area contributed by atoms with Crippen LogP contribution in [0.5, 0.6) is 5.75 Å². The maximum Gasteiger partial charge on any atom is 0.427 e. The van der Waals surface area contributed by atoms with Gasteiger partial charge in [-0.2, -0.15) is 5.10 Å². The van der Waals surface area contributed by atoms with Crippen molar-refractivity contribution in [2.75, 3.05) is 13.2 Å². The number of ether oxygens (including phenoxy) is 2. The Morgan fingerprint density at radius 3 is 2.52 bits per heavy atom. The normalized spacial score (nSPS) is 11.4. The summed E-state index contributed by atoms with van der Waals surface area (Å²) in [6.45, 7) is 8.94. The van der Waals surface area contributed by atoms with E-state index in [0.29, 0.717) is 24.8 Å². The lowest BCUT2D eigenvalue weighted by molar-refractivity contribution is 0.152. The lowest BCUT2D eigenvalue weighted by Crippen LogP contribution is -2.20. The Bertz CT molecular complexity index is 467. The van der Waals surface area contributed by atoms with Crippen LogP contribution in [-0.2, 0) is 4.74 Å². The smallest absolute Gasteiger partial charge is 0.427 e. The van der Waals surface area contributed by atoms with Crippen molar-refractivity contribution in [3.8, 4) is 5.75 Å². The number of benzene rings is 1. The van der Waals surface area contributed by atoms with Crippen molar-refractivity contribution in [2.24, 2.45) is 11.0 Å². The summed E-state index contributed by atoms with van der Waals surface area (Å²) in [4.78, 5) is 11.1. The Morgan fingerprint density at radius 2 is 1.95 bits per heavy atom. The molecule has 0 saturated carbocycles. The van der Waals surface area contributed by atoms with Crippen LogP contribution in [-0.4, -0.2) is 25.0 Å². The topological polar surface area (TPSA) is 59.9 Å². The van der Waals surface area contributed by atoms with Crippen molar-refractivity contribution in [1.29, 1.82) is 0 Å². The third-order valence-electron chi connectivity index (χ3n) is 2.83. The number of rotatable bonds is 7.